The summed E-state index contributed by atoms with van der Waals surface area (Å²) in [4.78, 5) is 19.2. The van der Waals surface area contributed by atoms with Crippen LogP contribution in [-0.2, 0) is 5.41 Å². The molecule has 4 saturated carbocycles. The van der Waals surface area contributed by atoms with Crippen molar-refractivity contribution >= 4 is 0 Å². The maximum Gasteiger partial charge on any atom is 0.164 e. The predicted molar refractivity (Wildman–Crippen MR) is 189 cm³/mol. The van der Waals surface area contributed by atoms with Crippen LogP contribution in [0.4, 0.5) is 0 Å². The number of pyridine rings is 1. The van der Waals surface area contributed by atoms with Gasteiger partial charge >= 0.3 is 0 Å². The number of rotatable bonds is 6. The lowest BCUT2D eigenvalue weighted by molar-refractivity contribution is -0.00518. The van der Waals surface area contributed by atoms with E-state index < -0.39 is 0 Å². The van der Waals surface area contributed by atoms with Crippen LogP contribution in [0.5, 0.6) is 0 Å². The first kappa shape index (κ1) is 28.7. The number of hydrogen-bond donors (Lipinski definition) is 0. The maximum absolute atomic E-state index is 9.59. The largest absolute Gasteiger partial charge is 0.265 e. The highest BCUT2D eigenvalue weighted by molar-refractivity contribution is 5.80. The Morgan fingerprint density at radius 1 is 0.500 bits per heavy atom. The SMILES string of the molecule is N#Cc1cccc(-c2nc(-c3ccccc3)nc(-c3cc(-c4ccncc4)cc(-c4ccc(C56CC7C[C@H](C5)C[C@@H](C7)C6)cc4)c3)n2)c1. The van der Waals surface area contributed by atoms with Crippen LogP contribution in [0.2, 0.25) is 0 Å². The van der Waals surface area contributed by atoms with Gasteiger partial charge in [-0.15, -0.1) is 0 Å². The lowest BCUT2D eigenvalue weighted by Crippen LogP contribution is -2.48. The Balaban J connectivity index is 1.17. The second-order valence-corrected chi connectivity index (χ2v) is 14.2. The standard InChI is InChI=1S/C43H35N5/c44-27-28-5-4-8-35(20-28)41-46-40(34-6-2-1-3-7-34)47-42(48-41)38-22-36(21-37(23-38)33-13-15-45-16-14-33)32-9-11-39(12-10-32)43-24-29-17-30(25-43)19-31(18-29)26-43/h1-16,20-23,29-31H,17-19,24-26H2/t29-,30+,31?,43?. The molecule has 0 amide bonds. The third kappa shape index (κ3) is 5.28. The van der Waals surface area contributed by atoms with E-state index in [4.69, 9.17) is 15.0 Å². The topological polar surface area (TPSA) is 75.3 Å². The van der Waals surface area contributed by atoms with Crippen molar-refractivity contribution in [3.8, 4) is 62.5 Å². The van der Waals surface area contributed by atoms with Gasteiger partial charge in [-0.1, -0.05) is 66.7 Å². The van der Waals surface area contributed by atoms with E-state index in [0.29, 0.717) is 28.5 Å². The zero-order chi connectivity index (χ0) is 32.1. The summed E-state index contributed by atoms with van der Waals surface area (Å²) in [5.74, 6) is 4.47. The molecule has 2 aromatic heterocycles. The molecule has 4 aliphatic carbocycles. The molecule has 0 N–H and O–H groups in total. The minimum Gasteiger partial charge on any atom is -0.265 e. The monoisotopic (exact) mass is 621 g/mol. The summed E-state index contributed by atoms with van der Waals surface area (Å²) >= 11 is 0. The van der Waals surface area contributed by atoms with E-state index in [9.17, 15) is 5.26 Å². The molecular formula is C43H35N5. The number of nitriles is 1. The van der Waals surface area contributed by atoms with Crippen LogP contribution in [0.1, 0.15) is 49.7 Å². The Bertz CT molecular complexity index is 2130. The van der Waals surface area contributed by atoms with Crippen molar-refractivity contribution in [3.63, 3.8) is 0 Å². The van der Waals surface area contributed by atoms with Gasteiger partial charge in [0.15, 0.2) is 17.5 Å². The number of hydrogen-bond acceptors (Lipinski definition) is 5. The Kier molecular flexibility index (Phi) is 6.97. The van der Waals surface area contributed by atoms with Crippen LogP contribution in [0.25, 0.3) is 56.4 Å². The van der Waals surface area contributed by atoms with Crippen LogP contribution < -0.4 is 0 Å². The van der Waals surface area contributed by atoms with E-state index in [0.717, 1.165) is 51.1 Å². The molecule has 5 heteroatoms. The van der Waals surface area contributed by atoms with Gasteiger partial charge in [-0.05, 0) is 132 Å². The maximum atomic E-state index is 9.59. The molecule has 2 heterocycles. The zero-order valence-electron chi connectivity index (χ0n) is 26.8. The molecule has 4 fully saturated rings. The van der Waals surface area contributed by atoms with E-state index in [1.54, 1.807) is 6.07 Å². The van der Waals surface area contributed by atoms with Crippen molar-refractivity contribution in [3.05, 3.63) is 133 Å². The first-order chi connectivity index (χ1) is 23.6. The van der Waals surface area contributed by atoms with Crippen LogP contribution in [0.15, 0.2) is 122 Å². The van der Waals surface area contributed by atoms with E-state index in [1.807, 2.05) is 73.1 Å². The van der Waals surface area contributed by atoms with Gasteiger partial charge in [-0.3, -0.25) is 4.98 Å². The molecule has 0 atom stereocenters. The summed E-state index contributed by atoms with van der Waals surface area (Å²) < 4.78 is 0. The molecule has 4 bridgehead atoms. The smallest absolute Gasteiger partial charge is 0.164 e. The van der Waals surface area contributed by atoms with E-state index >= 15 is 0 Å². The minimum atomic E-state index is 0.370. The first-order valence-corrected chi connectivity index (χ1v) is 17.1. The molecule has 232 valence electrons. The van der Waals surface area contributed by atoms with Gasteiger partial charge in [-0.25, -0.2) is 15.0 Å². The van der Waals surface area contributed by atoms with Crippen molar-refractivity contribution in [1.82, 2.24) is 19.9 Å². The Morgan fingerprint density at radius 3 is 1.67 bits per heavy atom. The predicted octanol–water partition coefficient (Wildman–Crippen LogP) is 9.94. The average Bonchev–Trinajstić information content (AvgIpc) is 3.15. The fourth-order valence-electron chi connectivity index (χ4n) is 9.19. The summed E-state index contributed by atoms with van der Waals surface area (Å²) in [6, 6.07) is 39.9. The molecule has 4 aromatic carbocycles. The van der Waals surface area contributed by atoms with Crippen molar-refractivity contribution in [1.29, 1.82) is 5.26 Å². The number of nitrogens with zero attached hydrogens (tertiary/aromatic N) is 5. The molecule has 0 saturated heterocycles. The van der Waals surface area contributed by atoms with Crippen molar-refractivity contribution < 1.29 is 0 Å². The molecule has 0 spiro atoms. The van der Waals surface area contributed by atoms with Crippen molar-refractivity contribution in [2.24, 2.45) is 17.8 Å². The molecule has 4 aliphatic rings. The highest BCUT2D eigenvalue weighted by Crippen LogP contribution is 2.60. The summed E-state index contributed by atoms with van der Waals surface area (Å²) in [7, 11) is 0. The molecule has 6 aromatic rings. The Labute approximate surface area is 281 Å². The molecule has 0 unspecified atom stereocenters. The van der Waals surface area contributed by atoms with Gasteiger partial charge in [0.25, 0.3) is 0 Å². The van der Waals surface area contributed by atoms with Gasteiger partial charge in [0, 0.05) is 29.1 Å². The van der Waals surface area contributed by atoms with Crippen LogP contribution in [0, 0.1) is 29.1 Å². The van der Waals surface area contributed by atoms with Gasteiger partial charge in [-0.2, -0.15) is 5.26 Å². The third-order valence-corrected chi connectivity index (χ3v) is 11.0. The molecule has 10 rings (SSSR count). The summed E-state index contributed by atoms with van der Waals surface area (Å²) in [6.45, 7) is 0. The average molecular weight is 622 g/mol. The highest BCUT2D eigenvalue weighted by Gasteiger charge is 2.51. The van der Waals surface area contributed by atoms with Gasteiger partial charge in [0.2, 0.25) is 0 Å². The lowest BCUT2D eigenvalue weighted by Gasteiger charge is -2.57. The Morgan fingerprint density at radius 2 is 1.04 bits per heavy atom. The molecule has 48 heavy (non-hydrogen) atoms. The fourth-order valence-corrected chi connectivity index (χ4v) is 9.19. The summed E-state index contributed by atoms with van der Waals surface area (Å²) in [5.41, 5.74) is 9.51. The molecule has 0 aliphatic heterocycles. The molecule has 0 radical (unpaired) electrons. The van der Waals surface area contributed by atoms with Gasteiger partial charge in [0.1, 0.15) is 0 Å². The second kappa shape index (κ2) is 11.6. The molecule has 5 nitrogen and oxygen atoms in total. The van der Waals surface area contributed by atoms with Gasteiger partial charge in [0.05, 0.1) is 11.6 Å². The third-order valence-electron chi connectivity index (χ3n) is 11.0. The van der Waals surface area contributed by atoms with Crippen LogP contribution in [-0.4, -0.2) is 19.9 Å². The summed E-state index contributed by atoms with van der Waals surface area (Å²) in [5, 5.41) is 9.59. The lowest BCUT2D eigenvalue weighted by atomic mass is 9.48. The number of benzene rings is 4. The summed E-state index contributed by atoms with van der Waals surface area (Å²) in [6.07, 6.45) is 12.1. The zero-order valence-corrected chi connectivity index (χ0v) is 26.8. The van der Waals surface area contributed by atoms with E-state index in [2.05, 4.69) is 53.5 Å². The second-order valence-electron chi connectivity index (χ2n) is 14.2. The van der Waals surface area contributed by atoms with E-state index in [1.165, 1.54) is 49.7 Å². The molecular weight excluding hydrogens is 587 g/mol. The van der Waals surface area contributed by atoms with Crippen LogP contribution in [0.3, 0.4) is 0 Å². The Hall–Kier alpha value is -5.47. The van der Waals surface area contributed by atoms with Crippen molar-refractivity contribution in [2.75, 3.05) is 0 Å². The van der Waals surface area contributed by atoms with Gasteiger partial charge < -0.3 is 0 Å². The first-order valence-electron chi connectivity index (χ1n) is 17.1. The van der Waals surface area contributed by atoms with Crippen molar-refractivity contribution in [2.45, 2.75) is 43.9 Å². The number of aromatic nitrogens is 4. The highest BCUT2D eigenvalue weighted by atomic mass is 15.0. The fraction of sp³-hybridized carbons (Fsp3) is 0.233. The normalized spacial score (nSPS) is 22.4. The minimum absolute atomic E-state index is 0.370. The van der Waals surface area contributed by atoms with E-state index in [-0.39, 0.29) is 0 Å². The van der Waals surface area contributed by atoms with Crippen LogP contribution >= 0.6 is 0 Å². The quantitative estimate of drug-likeness (QED) is 0.185.